The molecule has 0 atom stereocenters. The Bertz CT molecular complexity index is 221. The van der Waals surface area contributed by atoms with Gasteiger partial charge in [-0.1, -0.05) is 6.07 Å². The molecule has 1 heterocycles. The first-order chi connectivity index (χ1) is 6.83. The molecule has 1 aromatic rings. The first-order valence-electron chi connectivity index (χ1n) is 5.14. The zero-order valence-corrected chi connectivity index (χ0v) is 10.5. The third-order valence-corrected chi connectivity index (χ3v) is 3.52. The van der Waals surface area contributed by atoms with Crippen LogP contribution in [-0.4, -0.2) is 30.8 Å². The van der Waals surface area contributed by atoms with E-state index in [4.69, 9.17) is 0 Å². The van der Waals surface area contributed by atoms with Crippen LogP contribution in [-0.2, 0) is 6.42 Å². The molecule has 0 spiro atoms. The Morgan fingerprint density at radius 2 is 2.21 bits per heavy atom. The summed E-state index contributed by atoms with van der Waals surface area (Å²) in [4.78, 5) is 3.90. The molecule has 1 rings (SSSR count). The van der Waals surface area contributed by atoms with Gasteiger partial charge in [-0.3, -0.25) is 0 Å². The van der Waals surface area contributed by atoms with Crippen molar-refractivity contribution >= 4 is 24.0 Å². The van der Waals surface area contributed by atoms with Crippen molar-refractivity contribution in [2.24, 2.45) is 0 Å². The molecule has 80 valence electrons. The Morgan fingerprint density at radius 3 is 2.86 bits per heavy atom. The highest BCUT2D eigenvalue weighted by molar-refractivity contribution is 7.80. The second kappa shape index (κ2) is 7.32. The number of likely N-dealkylation sites (N-methyl/N-ethyl adjacent to an activating group) is 1. The van der Waals surface area contributed by atoms with Gasteiger partial charge in [0.1, 0.15) is 0 Å². The minimum absolute atomic E-state index is 1.01. The molecule has 0 N–H and O–H groups in total. The van der Waals surface area contributed by atoms with Crippen LogP contribution in [0.25, 0.3) is 0 Å². The number of thiophene rings is 1. The Kier molecular flexibility index (Phi) is 6.32. The van der Waals surface area contributed by atoms with E-state index >= 15 is 0 Å². The maximum atomic E-state index is 4.21. The lowest BCUT2D eigenvalue weighted by Gasteiger charge is -2.15. The number of nitrogens with zero attached hydrogens (tertiary/aromatic N) is 1. The molecular weight excluding hydrogens is 210 g/mol. The van der Waals surface area contributed by atoms with Gasteiger partial charge in [0.05, 0.1) is 0 Å². The van der Waals surface area contributed by atoms with Crippen molar-refractivity contribution < 1.29 is 0 Å². The maximum absolute atomic E-state index is 4.21. The van der Waals surface area contributed by atoms with Crippen molar-refractivity contribution in [2.75, 3.05) is 25.9 Å². The number of unbranched alkanes of at least 4 members (excludes halogenated alkanes) is 1. The predicted octanol–water partition coefficient (Wildman–Crippen LogP) is 2.93. The summed E-state index contributed by atoms with van der Waals surface area (Å²) in [7, 11) is 2.20. The van der Waals surface area contributed by atoms with Gasteiger partial charge >= 0.3 is 0 Å². The molecule has 0 unspecified atom stereocenters. The van der Waals surface area contributed by atoms with Crippen LogP contribution in [0.1, 0.15) is 17.7 Å². The van der Waals surface area contributed by atoms with E-state index in [9.17, 15) is 0 Å². The van der Waals surface area contributed by atoms with E-state index < -0.39 is 0 Å². The minimum Gasteiger partial charge on any atom is -0.306 e. The van der Waals surface area contributed by atoms with Crippen LogP contribution in [0.4, 0.5) is 0 Å². The van der Waals surface area contributed by atoms with Crippen LogP contribution in [0.3, 0.4) is 0 Å². The first-order valence-corrected chi connectivity index (χ1v) is 6.66. The van der Waals surface area contributed by atoms with E-state index in [1.54, 1.807) is 0 Å². The highest BCUT2D eigenvalue weighted by Crippen LogP contribution is 2.09. The summed E-state index contributed by atoms with van der Waals surface area (Å²) in [6, 6.07) is 4.34. The lowest BCUT2D eigenvalue weighted by atomic mass is 10.3. The van der Waals surface area contributed by atoms with Crippen LogP contribution in [0.2, 0.25) is 0 Å². The zero-order valence-electron chi connectivity index (χ0n) is 8.78. The average Bonchev–Trinajstić information content (AvgIpc) is 2.68. The Balaban J connectivity index is 2.06. The van der Waals surface area contributed by atoms with Crippen LogP contribution >= 0.6 is 24.0 Å². The molecular formula is C11H19NS2. The second-order valence-corrected chi connectivity index (χ2v) is 5.04. The molecule has 0 bridgehead atoms. The standard InChI is InChI=1S/C11H19NS2/c1-12(7-2-3-9-13)8-6-11-5-4-10-14-11/h4-5,10,13H,2-3,6-9H2,1H3. The molecule has 0 saturated heterocycles. The van der Waals surface area contributed by atoms with E-state index in [1.807, 2.05) is 11.3 Å². The van der Waals surface area contributed by atoms with Crippen molar-refractivity contribution in [1.29, 1.82) is 0 Å². The molecule has 0 aliphatic rings. The lowest BCUT2D eigenvalue weighted by molar-refractivity contribution is 0.333. The molecule has 0 radical (unpaired) electrons. The topological polar surface area (TPSA) is 3.24 Å². The summed E-state index contributed by atoms with van der Waals surface area (Å²) >= 11 is 6.06. The summed E-state index contributed by atoms with van der Waals surface area (Å²) in [6.07, 6.45) is 3.69. The summed E-state index contributed by atoms with van der Waals surface area (Å²) in [5.74, 6) is 1.01. The molecule has 1 nitrogen and oxygen atoms in total. The highest BCUT2D eigenvalue weighted by atomic mass is 32.1. The number of rotatable bonds is 7. The second-order valence-electron chi connectivity index (χ2n) is 3.56. The van der Waals surface area contributed by atoms with Crippen molar-refractivity contribution in [3.8, 4) is 0 Å². The smallest absolute Gasteiger partial charge is 0.00579 e. The summed E-state index contributed by atoms with van der Waals surface area (Å²) < 4.78 is 0. The fourth-order valence-electron chi connectivity index (χ4n) is 1.36. The van der Waals surface area contributed by atoms with Crippen molar-refractivity contribution in [2.45, 2.75) is 19.3 Å². The molecule has 0 aliphatic carbocycles. The molecule has 0 amide bonds. The molecule has 0 saturated carbocycles. The SMILES string of the molecule is CN(CCCCS)CCc1cccs1. The monoisotopic (exact) mass is 229 g/mol. The van der Waals surface area contributed by atoms with Gasteiger partial charge < -0.3 is 4.90 Å². The summed E-state index contributed by atoms with van der Waals surface area (Å²) in [6.45, 7) is 2.37. The van der Waals surface area contributed by atoms with Crippen molar-refractivity contribution in [1.82, 2.24) is 4.90 Å². The van der Waals surface area contributed by atoms with E-state index in [0.717, 1.165) is 5.75 Å². The van der Waals surface area contributed by atoms with Gasteiger partial charge in [-0.25, -0.2) is 0 Å². The van der Waals surface area contributed by atoms with Gasteiger partial charge in [-0.2, -0.15) is 12.6 Å². The molecule has 1 aromatic heterocycles. The Morgan fingerprint density at radius 1 is 1.36 bits per heavy atom. The van der Waals surface area contributed by atoms with E-state index in [1.165, 1.54) is 37.2 Å². The highest BCUT2D eigenvalue weighted by Gasteiger charge is 1.99. The predicted molar refractivity (Wildman–Crippen MR) is 68.6 cm³/mol. The third-order valence-electron chi connectivity index (χ3n) is 2.27. The fraction of sp³-hybridized carbons (Fsp3) is 0.636. The zero-order chi connectivity index (χ0) is 10.2. The summed E-state index contributed by atoms with van der Waals surface area (Å²) in [5, 5.41) is 2.15. The Hall–Kier alpha value is 0.01000. The van der Waals surface area contributed by atoms with Crippen molar-refractivity contribution in [3.05, 3.63) is 22.4 Å². The van der Waals surface area contributed by atoms with Gasteiger partial charge in [0.15, 0.2) is 0 Å². The van der Waals surface area contributed by atoms with Gasteiger partial charge in [-0.05, 0) is 50.1 Å². The van der Waals surface area contributed by atoms with Gasteiger partial charge in [0.25, 0.3) is 0 Å². The number of hydrogen-bond donors (Lipinski definition) is 1. The fourth-order valence-corrected chi connectivity index (χ4v) is 2.28. The molecule has 14 heavy (non-hydrogen) atoms. The van der Waals surface area contributed by atoms with Crippen LogP contribution in [0.5, 0.6) is 0 Å². The first kappa shape index (κ1) is 12.1. The maximum Gasteiger partial charge on any atom is 0.00579 e. The average molecular weight is 229 g/mol. The normalized spacial score (nSPS) is 11.1. The quantitative estimate of drug-likeness (QED) is 0.556. The third kappa shape index (κ3) is 5.03. The lowest BCUT2D eigenvalue weighted by Crippen LogP contribution is -2.22. The minimum atomic E-state index is 1.01. The van der Waals surface area contributed by atoms with Crippen LogP contribution in [0.15, 0.2) is 17.5 Å². The molecule has 3 heteroatoms. The van der Waals surface area contributed by atoms with E-state index in [-0.39, 0.29) is 0 Å². The molecule has 0 fully saturated rings. The van der Waals surface area contributed by atoms with Gasteiger partial charge in [-0.15, -0.1) is 11.3 Å². The van der Waals surface area contributed by atoms with Crippen LogP contribution < -0.4 is 0 Å². The van der Waals surface area contributed by atoms with Gasteiger partial charge in [0, 0.05) is 11.4 Å². The van der Waals surface area contributed by atoms with E-state index in [0.29, 0.717) is 0 Å². The van der Waals surface area contributed by atoms with Gasteiger partial charge in [0.2, 0.25) is 0 Å². The van der Waals surface area contributed by atoms with Crippen LogP contribution in [0, 0.1) is 0 Å². The van der Waals surface area contributed by atoms with E-state index in [2.05, 4.69) is 42.1 Å². The summed E-state index contributed by atoms with van der Waals surface area (Å²) in [5.41, 5.74) is 0. The molecule has 0 aromatic carbocycles. The number of thiol groups is 1. The largest absolute Gasteiger partial charge is 0.306 e. The molecule has 0 aliphatic heterocycles. The number of hydrogen-bond acceptors (Lipinski definition) is 3. The van der Waals surface area contributed by atoms with Crippen molar-refractivity contribution in [3.63, 3.8) is 0 Å². The Labute approximate surface area is 96.5 Å².